The summed E-state index contributed by atoms with van der Waals surface area (Å²) in [6.45, 7) is 6.28. The van der Waals surface area contributed by atoms with Crippen molar-refractivity contribution in [2.75, 3.05) is 32.8 Å². The molecule has 0 atom stereocenters. The third-order valence-electron chi connectivity index (χ3n) is 5.82. The van der Waals surface area contributed by atoms with Gasteiger partial charge in [0.2, 0.25) is 0 Å². The van der Waals surface area contributed by atoms with Crippen LogP contribution in [0.25, 0.3) is 0 Å². The van der Waals surface area contributed by atoms with Gasteiger partial charge in [0.1, 0.15) is 13.2 Å². The van der Waals surface area contributed by atoms with Gasteiger partial charge in [0.25, 0.3) is 5.91 Å². The van der Waals surface area contributed by atoms with Crippen LogP contribution in [-0.4, -0.2) is 61.8 Å². The molecule has 2 aliphatic heterocycles. The van der Waals surface area contributed by atoms with Gasteiger partial charge in [-0.05, 0) is 40.7 Å². The molecule has 1 fully saturated rings. The Hall–Kier alpha value is -2.72. The van der Waals surface area contributed by atoms with Gasteiger partial charge in [0.15, 0.2) is 0 Å². The Morgan fingerprint density at radius 2 is 1.84 bits per heavy atom. The molecule has 0 aliphatic carbocycles. The topological polar surface area (TPSA) is 97.3 Å². The van der Waals surface area contributed by atoms with Crippen LogP contribution in [0.4, 0.5) is 0 Å². The van der Waals surface area contributed by atoms with Crippen LogP contribution in [0.15, 0.2) is 36.4 Å². The molecular weight excluding hydrogens is 411 g/mol. The van der Waals surface area contributed by atoms with Crippen LogP contribution in [0.1, 0.15) is 32.6 Å². The highest BCUT2D eigenvalue weighted by atomic mass is 16.5. The molecule has 1 saturated heterocycles. The number of hydrogen-bond donors (Lipinski definition) is 2. The van der Waals surface area contributed by atoms with E-state index in [-0.39, 0.29) is 13.2 Å². The third kappa shape index (κ3) is 5.36. The summed E-state index contributed by atoms with van der Waals surface area (Å²) in [5.41, 5.74) is 4.63. The van der Waals surface area contributed by atoms with Crippen LogP contribution >= 0.6 is 0 Å². The molecule has 0 aromatic heterocycles. The number of esters is 1. The number of hydrogen-bond acceptors (Lipinski definition) is 7. The zero-order valence-corrected chi connectivity index (χ0v) is 18.1. The van der Waals surface area contributed by atoms with Gasteiger partial charge in [0.05, 0.1) is 19.8 Å². The van der Waals surface area contributed by atoms with E-state index in [2.05, 4.69) is 10.2 Å². The van der Waals surface area contributed by atoms with E-state index in [1.165, 1.54) is 5.56 Å². The molecule has 0 radical (unpaired) electrons. The highest BCUT2D eigenvalue weighted by Gasteiger charge is 2.31. The van der Waals surface area contributed by atoms with E-state index >= 15 is 0 Å². The van der Waals surface area contributed by atoms with Crippen molar-refractivity contribution < 1.29 is 28.7 Å². The van der Waals surface area contributed by atoms with E-state index in [1.54, 1.807) is 19.1 Å². The fourth-order valence-electron chi connectivity index (χ4n) is 3.97. The highest BCUT2D eigenvalue weighted by Crippen LogP contribution is 2.16. The minimum absolute atomic E-state index is 0.147. The average molecular weight is 438 g/mol. The lowest BCUT2D eigenvalue weighted by Crippen LogP contribution is -2.35. The number of carbonyl (C=O) groups excluding carboxylic acids is 2. The van der Waals surface area contributed by atoms with Gasteiger partial charge in [0, 0.05) is 25.2 Å². The van der Waals surface area contributed by atoms with Crippen molar-refractivity contribution in [2.24, 2.45) is 0 Å². The van der Waals surface area contributed by atoms with E-state index < -0.39 is 19.0 Å². The van der Waals surface area contributed by atoms with E-state index in [0.717, 1.165) is 44.0 Å². The molecule has 9 heteroatoms. The number of amides is 1. The van der Waals surface area contributed by atoms with Crippen molar-refractivity contribution in [3.05, 3.63) is 64.2 Å². The highest BCUT2D eigenvalue weighted by molar-refractivity contribution is 6.62. The summed E-state index contributed by atoms with van der Waals surface area (Å²) >= 11 is 0. The lowest BCUT2D eigenvalue weighted by Gasteiger charge is -2.26. The zero-order valence-electron chi connectivity index (χ0n) is 18.1. The van der Waals surface area contributed by atoms with E-state index in [9.17, 15) is 14.6 Å². The van der Waals surface area contributed by atoms with Gasteiger partial charge in [-0.15, -0.1) is 0 Å². The Morgan fingerprint density at radius 3 is 2.59 bits per heavy atom. The van der Waals surface area contributed by atoms with Crippen LogP contribution in [0, 0.1) is 6.92 Å². The van der Waals surface area contributed by atoms with E-state index in [4.69, 9.17) is 14.1 Å². The summed E-state index contributed by atoms with van der Waals surface area (Å²) in [5, 5.41) is 12.5. The smallest absolute Gasteiger partial charge is 0.460 e. The Balaban J connectivity index is 1.23. The Bertz CT molecular complexity index is 975. The maximum Gasteiger partial charge on any atom is 0.492 e. The number of rotatable bonds is 7. The van der Waals surface area contributed by atoms with Gasteiger partial charge in [-0.3, -0.25) is 14.5 Å². The number of fused-ring (bicyclic) bond motifs is 1. The van der Waals surface area contributed by atoms with Crippen molar-refractivity contribution in [3.8, 4) is 0 Å². The molecule has 0 bridgehead atoms. The van der Waals surface area contributed by atoms with E-state index in [1.807, 2.05) is 24.3 Å². The summed E-state index contributed by atoms with van der Waals surface area (Å²) in [5.74, 6) is -0.910. The van der Waals surface area contributed by atoms with Crippen LogP contribution < -0.4 is 10.8 Å². The predicted octanol–water partition coefficient (Wildman–Crippen LogP) is 0.518. The number of nitrogens with zero attached hydrogens (tertiary/aromatic N) is 1. The molecule has 168 valence electrons. The fourth-order valence-corrected chi connectivity index (χ4v) is 3.97. The lowest BCUT2D eigenvalue weighted by molar-refractivity contribution is -0.143. The normalized spacial score (nSPS) is 16.0. The third-order valence-corrected chi connectivity index (χ3v) is 5.82. The molecule has 0 saturated carbocycles. The van der Waals surface area contributed by atoms with Gasteiger partial charge in [-0.2, -0.15) is 0 Å². The Morgan fingerprint density at radius 1 is 1.12 bits per heavy atom. The average Bonchev–Trinajstić information content (AvgIpc) is 3.19. The molecule has 32 heavy (non-hydrogen) atoms. The number of morpholine rings is 1. The number of benzene rings is 2. The molecule has 1 amide bonds. The van der Waals surface area contributed by atoms with Crippen molar-refractivity contribution >= 4 is 24.5 Å². The standard InChI is InChI=1S/C23H27BN2O6/c1-16-20(7-6-19-15-32-24(29)22(16)19)23(28)25-12-21(27)31-14-18-4-2-17(3-5-18)13-26-8-10-30-11-9-26/h2-7,29H,8-15H2,1H3,(H,25,28). The van der Waals surface area contributed by atoms with Crippen molar-refractivity contribution in [1.82, 2.24) is 10.2 Å². The van der Waals surface area contributed by atoms with Gasteiger partial charge in [-0.25, -0.2) is 0 Å². The number of ether oxygens (including phenoxy) is 2. The summed E-state index contributed by atoms with van der Waals surface area (Å²) in [4.78, 5) is 26.9. The zero-order chi connectivity index (χ0) is 22.5. The molecule has 2 aromatic carbocycles. The minimum Gasteiger partial charge on any atom is -0.460 e. The van der Waals surface area contributed by atoms with E-state index in [0.29, 0.717) is 23.2 Å². The van der Waals surface area contributed by atoms with Crippen LogP contribution in [0.2, 0.25) is 0 Å². The van der Waals surface area contributed by atoms with Crippen LogP contribution in [0.3, 0.4) is 0 Å². The SMILES string of the molecule is Cc1c(C(=O)NCC(=O)OCc2ccc(CN3CCOCC3)cc2)ccc2c1B(O)OC2. The first-order chi connectivity index (χ1) is 15.5. The maximum atomic E-state index is 12.5. The molecule has 2 aliphatic rings. The second-order valence-electron chi connectivity index (χ2n) is 8.02. The summed E-state index contributed by atoms with van der Waals surface area (Å²) < 4.78 is 15.9. The van der Waals surface area contributed by atoms with Gasteiger partial charge < -0.3 is 24.5 Å². The van der Waals surface area contributed by atoms with Gasteiger partial charge >= 0.3 is 13.1 Å². The summed E-state index contributed by atoms with van der Waals surface area (Å²) in [6, 6.07) is 11.4. The Labute approximate surface area is 187 Å². The second kappa shape index (κ2) is 10.3. The monoisotopic (exact) mass is 438 g/mol. The molecule has 8 nitrogen and oxygen atoms in total. The molecule has 2 N–H and O–H groups in total. The van der Waals surface area contributed by atoms with Crippen molar-refractivity contribution in [1.29, 1.82) is 0 Å². The lowest BCUT2D eigenvalue weighted by atomic mass is 9.75. The first-order valence-electron chi connectivity index (χ1n) is 10.7. The molecule has 4 rings (SSSR count). The first-order valence-corrected chi connectivity index (χ1v) is 10.7. The number of carbonyl (C=O) groups is 2. The first kappa shape index (κ1) is 22.5. The molecule has 2 heterocycles. The molecule has 2 aromatic rings. The van der Waals surface area contributed by atoms with Crippen LogP contribution in [0.5, 0.6) is 0 Å². The largest absolute Gasteiger partial charge is 0.492 e. The second-order valence-corrected chi connectivity index (χ2v) is 8.02. The maximum absolute atomic E-state index is 12.5. The molecule has 0 spiro atoms. The molecular formula is C23H27BN2O6. The summed E-state index contributed by atoms with van der Waals surface area (Å²) in [7, 11) is -1.03. The minimum atomic E-state index is -1.03. The van der Waals surface area contributed by atoms with Gasteiger partial charge in [-0.1, -0.05) is 30.3 Å². The van der Waals surface area contributed by atoms with Crippen molar-refractivity contribution in [3.63, 3.8) is 0 Å². The van der Waals surface area contributed by atoms with Crippen molar-refractivity contribution in [2.45, 2.75) is 26.7 Å². The Kier molecular flexibility index (Phi) is 7.21. The summed E-state index contributed by atoms with van der Waals surface area (Å²) in [6.07, 6.45) is 0. The predicted molar refractivity (Wildman–Crippen MR) is 118 cm³/mol. The van der Waals surface area contributed by atoms with Crippen LogP contribution in [-0.2, 0) is 38.7 Å². The number of nitrogens with one attached hydrogen (secondary N) is 1. The molecule has 0 unspecified atom stereocenters. The quantitative estimate of drug-likeness (QED) is 0.481. The fraction of sp³-hybridized carbons (Fsp3) is 0.391.